The Morgan fingerprint density at radius 2 is 1.78 bits per heavy atom. The number of nitrogens with one attached hydrogen (secondary N) is 3. The molecule has 1 aromatic carbocycles. The van der Waals surface area contributed by atoms with Crippen molar-refractivity contribution in [2.75, 3.05) is 23.7 Å². The smallest absolute Gasteiger partial charge is 0.291 e. The fraction of sp³-hybridized carbons (Fsp3) is 0.294. The second kappa shape index (κ2) is 6.66. The van der Waals surface area contributed by atoms with Gasteiger partial charge < -0.3 is 20.4 Å². The van der Waals surface area contributed by atoms with Crippen LogP contribution in [0.25, 0.3) is 0 Å². The lowest BCUT2D eigenvalue weighted by molar-refractivity contribution is -0.119. The molecule has 1 aliphatic rings. The summed E-state index contributed by atoms with van der Waals surface area (Å²) in [5.74, 6) is 0.713. The van der Waals surface area contributed by atoms with Crippen molar-refractivity contribution < 1.29 is 14.0 Å². The van der Waals surface area contributed by atoms with Crippen molar-refractivity contribution in [1.29, 1.82) is 0 Å². The Balaban J connectivity index is 1.58. The molecule has 0 saturated carbocycles. The highest BCUT2D eigenvalue weighted by Crippen LogP contribution is 2.17. The zero-order valence-electron chi connectivity index (χ0n) is 12.9. The topological polar surface area (TPSA) is 83.4 Å². The highest BCUT2D eigenvalue weighted by molar-refractivity contribution is 6.02. The molecule has 6 nitrogen and oxygen atoms in total. The van der Waals surface area contributed by atoms with Gasteiger partial charge in [-0.25, -0.2) is 0 Å². The monoisotopic (exact) mass is 313 g/mol. The van der Waals surface area contributed by atoms with Gasteiger partial charge in [0, 0.05) is 17.9 Å². The molecule has 0 spiro atoms. The van der Waals surface area contributed by atoms with Crippen LogP contribution in [0.3, 0.4) is 0 Å². The molecule has 2 heterocycles. The first-order valence-electron chi connectivity index (χ1n) is 7.61. The Kier molecular flexibility index (Phi) is 4.43. The van der Waals surface area contributed by atoms with Crippen LogP contribution >= 0.6 is 0 Å². The first kappa shape index (κ1) is 15.3. The predicted molar refractivity (Wildman–Crippen MR) is 87.4 cm³/mol. The van der Waals surface area contributed by atoms with Gasteiger partial charge in [-0.2, -0.15) is 0 Å². The Bertz CT molecular complexity index is 700. The minimum atomic E-state index is -0.299. The molecule has 1 fully saturated rings. The summed E-state index contributed by atoms with van der Waals surface area (Å²) in [6, 6.07) is 10.4. The summed E-state index contributed by atoms with van der Waals surface area (Å²) >= 11 is 0. The SMILES string of the molecule is Cc1ccc(C(=O)Nc2ccc(NC(=O)C3CCNC3)cc2)o1. The van der Waals surface area contributed by atoms with E-state index < -0.39 is 0 Å². The molecule has 1 unspecified atom stereocenters. The molecule has 3 N–H and O–H groups in total. The van der Waals surface area contributed by atoms with Crippen LogP contribution < -0.4 is 16.0 Å². The van der Waals surface area contributed by atoms with Crippen LogP contribution in [0, 0.1) is 12.8 Å². The van der Waals surface area contributed by atoms with Gasteiger partial charge in [0.25, 0.3) is 5.91 Å². The van der Waals surface area contributed by atoms with E-state index in [1.807, 2.05) is 0 Å². The Morgan fingerprint density at radius 3 is 2.35 bits per heavy atom. The molecule has 6 heteroatoms. The Hall–Kier alpha value is -2.60. The molecule has 0 aliphatic carbocycles. The predicted octanol–water partition coefficient (Wildman–Crippen LogP) is 2.39. The summed E-state index contributed by atoms with van der Waals surface area (Å²) < 4.78 is 5.28. The van der Waals surface area contributed by atoms with Gasteiger partial charge in [-0.1, -0.05) is 0 Å². The van der Waals surface area contributed by atoms with E-state index >= 15 is 0 Å². The Labute approximate surface area is 134 Å². The summed E-state index contributed by atoms with van der Waals surface area (Å²) in [6.07, 6.45) is 0.864. The van der Waals surface area contributed by atoms with E-state index in [1.54, 1.807) is 43.3 Å². The number of furan rings is 1. The number of hydrogen-bond acceptors (Lipinski definition) is 4. The van der Waals surface area contributed by atoms with Crippen LogP contribution in [0.15, 0.2) is 40.8 Å². The average molecular weight is 313 g/mol. The minimum Gasteiger partial charge on any atom is -0.456 e. The van der Waals surface area contributed by atoms with E-state index in [-0.39, 0.29) is 23.5 Å². The third-order valence-electron chi connectivity index (χ3n) is 3.81. The molecule has 1 saturated heterocycles. The van der Waals surface area contributed by atoms with E-state index in [2.05, 4.69) is 16.0 Å². The third kappa shape index (κ3) is 3.78. The van der Waals surface area contributed by atoms with E-state index in [0.29, 0.717) is 17.1 Å². The minimum absolute atomic E-state index is 0.0246. The van der Waals surface area contributed by atoms with Crippen LogP contribution in [-0.2, 0) is 4.79 Å². The molecule has 2 amide bonds. The van der Waals surface area contributed by atoms with Gasteiger partial charge in [0.15, 0.2) is 5.76 Å². The molecular weight excluding hydrogens is 294 g/mol. The van der Waals surface area contributed by atoms with E-state index in [1.165, 1.54) is 0 Å². The molecule has 1 atom stereocenters. The summed E-state index contributed by atoms with van der Waals surface area (Å²) in [5.41, 5.74) is 1.36. The van der Waals surface area contributed by atoms with Crippen molar-refractivity contribution in [2.45, 2.75) is 13.3 Å². The van der Waals surface area contributed by atoms with Gasteiger partial charge in [-0.15, -0.1) is 0 Å². The number of anilines is 2. The van der Waals surface area contributed by atoms with Crippen molar-refractivity contribution in [3.63, 3.8) is 0 Å². The average Bonchev–Trinajstić information content (AvgIpc) is 3.20. The number of benzene rings is 1. The number of amides is 2. The highest BCUT2D eigenvalue weighted by atomic mass is 16.3. The van der Waals surface area contributed by atoms with Crippen LogP contribution in [0.4, 0.5) is 11.4 Å². The second-order valence-electron chi connectivity index (χ2n) is 5.62. The maximum atomic E-state index is 12.0. The van der Waals surface area contributed by atoms with Gasteiger partial charge in [0.05, 0.1) is 5.92 Å². The molecule has 120 valence electrons. The normalized spacial score (nSPS) is 17.0. The van der Waals surface area contributed by atoms with Gasteiger partial charge >= 0.3 is 0 Å². The number of carbonyl (C=O) groups is 2. The summed E-state index contributed by atoms with van der Waals surface area (Å²) in [7, 11) is 0. The van der Waals surface area contributed by atoms with Crippen molar-refractivity contribution in [3.05, 3.63) is 47.9 Å². The largest absolute Gasteiger partial charge is 0.456 e. The first-order valence-corrected chi connectivity index (χ1v) is 7.61. The van der Waals surface area contributed by atoms with E-state index in [4.69, 9.17) is 4.42 Å². The fourth-order valence-corrected chi connectivity index (χ4v) is 2.51. The fourth-order valence-electron chi connectivity index (χ4n) is 2.51. The molecule has 3 rings (SSSR count). The summed E-state index contributed by atoms with van der Waals surface area (Å²) in [6.45, 7) is 3.39. The van der Waals surface area contributed by atoms with Crippen molar-refractivity contribution in [1.82, 2.24) is 5.32 Å². The molecule has 2 aromatic rings. The van der Waals surface area contributed by atoms with Gasteiger partial charge in [-0.05, 0) is 56.3 Å². The maximum Gasteiger partial charge on any atom is 0.291 e. The van der Waals surface area contributed by atoms with Gasteiger partial charge in [-0.3, -0.25) is 9.59 Å². The highest BCUT2D eigenvalue weighted by Gasteiger charge is 2.22. The standard InChI is InChI=1S/C17H19N3O3/c1-11-2-7-15(23-11)17(22)20-14-5-3-13(4-6-14)19-16(21)12-8-9-18-10-12/h2-7,12,18H,8-10H2,1H3,(H,19,21)(H,20,22). The van der Waals surface area contributed by atoms with Crippen LogP contribution in [0.2, 0.25) is 0 Å². The van der Waals surface area contributed by atoms with Crippen molar-refractivity contribution in [3.8, 4) is 0 Å². The van der Waals surface area contributed by atoms with E-state index in [9.17, 15) is 9.59 Å². The second-order valence-corrected chi connectivity index (χ2v) is 5.62. The van der Waals surface area contributed by atoms with Gasteiger partial charge in [0.2, 0.25) is 5.91 Å². The quantitative estimate of drug-likeness (QED) is 0.809. The number of aryl methyl sites for hydroxylation is 1. The van der Waals surface area contributed by atoms with Gasteiger partial charge in [0.1, 0.15) is 5.76 Å². The van der Waals surface area contributed by atoms with Crippen molar-refractivity contribution >= 4 is 23.2 Å². The number of carbonyl (C=O) groups excluding carboxylic acids is 2. The van der Waals surface area contributed by atoms with E-state index in [0.717, 1.165) is 19.5 Å². The number of hydrogen-bond donors (Lipinski definition) is 3. The third-order valence-corrected chi connectivity index (χ3v) is 3.81. The molecular formula is C17H19N3O3. The first-order chi connectivity index (χ1) is 11.1. The lowest BCUT2D eigenvalue weighted by atomic mass is 10.1. The summed E-state index contributed by atoms with van der Waals surface area (Å²) in [4.78, 5) is 24.0. The van der Waals surface area contributed by atoms with Crippen LogP contribution in [0.5, 0.6) is 0 Å². The lowest BCUT2D eigenvalue weighted by Gasteiger charge is -2.10. The molecule has 23 heavy (non-hydrogen) atoms. The zero-order chi connectivity index (χ0) is 16.2. The molecule has 0 radical (unpaired) electrons. The molecule has 0 bridgehead atoms. The summed E-state index contributed by atoms with van der Waals surface area (Å²) in [5, 5.41) is 8.81. The lowest BCUT2D eigenvalue weighted by Crippen LogP contribution is -2.24. The van der Waals surface area contributed by atoms with Crippen molar-refractivity contribution in [2.24, 2.45) is 5.92 Å². The Morgan fingerprint density at radius 1 is 1.09 bits per heavy atom. The maximum absolute atomic E-state index is 12.0. The number of rotatable bonds is 4. The molecule has 1 aromatic heterocycles. The van der Waals surface area contributed by atoms with Crippen LogP contribution in [0.1, 0.15) is 22.7 Å². The van der Waals surface area contributed by atoms with Crippen LogP contribution in [-0.4, -0.2) is 24.9 Å². The molecule has 1 aliphatic heterocycles. The zero-order valence-corrected chi connectivity index (χ0v) is 12.9.